The molecule has 1 amide bonds. The first-order valence-electron chi connectivity index (χ1n) is 12.9. The number of likely N-dealkylation sites (tertiary alicyclic amines) is 1. The molecule has 2 aromatic heterocycles. The summed E-state index contributed by atoms with van der Waals surface area (Å²) in [6, 6.07) is 6.95. The number of likely N-dealkylation sites (N-methyl/N-ethyl adjacent to an activating group) is 1. The fourth-order valence-corrected chi connectivity index (χ4v) is 4.83. The molecule has 5 rings (SSSR count). The van der Waals surface area contributed by atoms with Crippen molar-refractivity contribution in [2.24, 2.45) is 5.92 Å². The number of rotatable bonds is 8. The highest BCUT2D eigenvalue weighted by atomic mass is 19.3. The van der Waals surface area contributed by atoms with Crippen molar-refractivity contribution < 1.29 is 18.3 Å². The van der Waals surface area contributed by atoms with Gasteiger partial charge in [-0.25, -0.2) is 13.8 Å². The van der Waals surface area contributed by atoms with E-state index in [-0.39, 0.29) is 11.9 Å². The van der Waals surface area contributed by atoms with Gasteiger partial charge in [-0.05, 0) is 45.0 Å². The lowest BCUT2D eigenvalue weighted by Crippen LogP contribution is -2.43. The molecule has 0 atom stereocenters. The number of amides is 1. The Morgan fingerprint density at radius 1 is 1.05 bits per heavy atom. The quantitative estimate of drug-likeness (QED) is 0.470. The maximum Gasteiger partial charge on any atom is 0.296 e. The molecule has 38 heavy (non-hydrogen) atoms. The summed E-state index contributed by atoms with van der Waals surface area (Å²) >= 11 is 0. The number of nitrogens with zero attached hydrogens (tertiary/aromatic N) is 8. The Bertz CT molecular complexity index is 1250. The van der Waals surface area contributed by atoms with E-state index >= 15 is 0 Å². The van der Waals surface area contributed by atoms with Crippen LogP contribution in [0.3, 0.4) is 0 Å². The van der Waals surface area contributed by atoms with Gasteiger partial charge in [0.25, 0.3) is 6.43 Å². The number of para-hydroxylation sites is 2. The van der Waals surface area contributed by atoms with Gasteiger partial charge < -0.3 is 24.8 Å². The first-order valence-corrected chi connectivity index (χ1v) is 12.9. The van der Waals surface area contributed by atoms with Gasteiger partial charge in [-0.15, -0.1) is 0 Å². The lowest BCUT2D eigenvalue weighted by molar-refractivity contribution is -0.133. The normalized spacial score (nSPS) is 17.1. The number of hydrogen-bond donors (Lipinski definition) is 1. The van der Waals surface area contributed by atoms with Crippen molar-refractivity contribution in [3.05, 3.63) is 30.1 Å². The summed E-state index contributed by atoms with van der Waals surface area (Å²) in [5.74, 6) is 0.879. The second-order valence-corrected chi connectivity index (χ2v) is 9.90. The number of hydrogen-bond acceptors (Lipinski definition) is 9. The Hall–Kier alpha value is -3.45. The second kappa shape index (κ2) is 11.5. The van der Waals surface area contributed by atoms with E-state index in [1.807, 2.05) is 28.8 Å². The summed E-state index contributed by atoms with van der Waals surface area (Å²) in [6.45, 7) is 4.68. The third-order valence-corrected chi connectivity index (χ3v) is 6.86. The van der Waals surface area contributed by atoms with Crippen LogP contribution in [0.4, 0.5) is 20.7 Å². The molecule has 0 radical (unpaired) electrons. The average molecular weight is 530 g/mol. The van der Waals surface area contributed by atoms with E-state index in [0.717, 1.165) is 12.8 Å². The Kier molecular flexibility index (Phi) is 7.93. The Labute approximate surface area is 219 Å². The number of fused-ring (bicyclic) bond motifs is 1. The van der Waals surface area contributed by atoms with Crippen LogP contribution < -0.4 is 10.2 Å². The predicted molar refractivity (Wildman–Crippen MR) is 139 cm³/mol. The van der Waals surface area contributed by atoms with Crippen molar-refractivity contribution in [3.8, 4) is 5.95 Å². The molecule has 2 aliphatic heterocycles. The minimum Gasteiger partial charge on any atom is -0.378 e. The number of carbonyl (C=O) groups excluding carboxylic acids is 1. The minimum absolute atomic E-state index is 0.0945. The van der Waals surface area contributed by atoms with Crippen LogP contribution in [0, 0.1) is 5.92 Å². The summed E-state index contributed by atoms with van der Waals surface area (Å²) in [5, 5.41) is 3.32. The van der Waals surface area contributed by atoms with Crippen molar-refractivity contribution in [1.29, 1.82) is 0 Å². The zero-order valence-electron chi connectivity index (χ0n) is 21.7. The van der Waals surface area contributed by atoms with Crippen molar-refractivity contribution >= 4 is 28.8 Å². The highest BCUT2D eigenvalue weighted by molar-refractivity contribution is 5.78. The summed E-state index contributed by atoms with van der Waals surface area (Å²) in [5.41, 5.74) is 0.948. The molecule has 13 heteroatoms. The fourth-order valence-electron chi connectivity index (χ4n) is 4.83. The van der Waals surface area contributed by atoms with Crippen LogP contribution in [-0.2, 0) is 9.53 Å². The monoisotopic (exact) mass is 529 g/mol. The van der Waals surface area contributed by atoms with Gasteiger partial charge in [0.15, 0.2) is 5.82 Å². The number of alkyl halides is 2. The lowest BCUT2D eigenvalue weighted by atomic mass is 9.97. The zero-order chi connectivity index (χ0) is 26.6. The Morgan fingerprint density at radius 2 is 1.76 bits per heavy atom. The number of carbonyl (C=O) groups is 1. The zero-order valence-corrected chi connectivity index (χ0v) is 21.7. The van der Waals surface area contributed by atoms with Gasteiger partial charge in [0.2, 0.25) is 23.8 Å². The van der Waals surface area contributed by atoms with E-state index < -0.39 is 12.2 Å². The van der Waals surface area contributed by atoms with Gasteiger partial charge in [0.1, 0.15) is 0 Å². The van der Waals surface area contributed by atoms with Crippen LogP contribution in [0.1, 0.15) is 25.1 Å². The molecule has 2 fully saturated rings. The topological polar surface area (TPSA) is 105 Å². The van der Waals surface area contributed by atoms with Crippen LogP contribution >= 0.6 is 0 Å². The van der Waals surface area contributed by atoms with Gasteiger partial charge in [-0.3, -0.25) is 9.36 Å². The summed E-state index contributed by atoms with van der Waals surface area (Å²) < 4.78 is 34.8. The van der Waals surface area contributed by atoms with Gasteiger partial charge in [-0.1, -0.05) is 12.1 Å². The highest BCUT2D eigenvalue weighted by Gasteiger charge is 2.26. The number of nitrogens with one attached hydrogen (secondary N) is 1. The number of aromatic nitrogens is 5. The van der Waals surface area contributed by atoms with E-state index in [1.54, 1.807) is 24.3 Å². The molecule has 0 saturated carbocycles. The number of ether oxygens (including phenoxy) is 1. The highest BCUT2D eigenvalue weighted by Crippen LogP contribution is 2.28. The molecule has 2 aliphatic rings. The van der Waals surface area contributed by atoms with Crippen molar-refractivity contribution in [2.45, 2.75) is 19.3 Å². The number of benzene rings is 1. The van der Waals surface area contributed by atoms with E-state index in [2.05, 4.69) is 25.3 Å². The molecule has 3 aromatic rings. The first-order chi connectivity index (χ1) is 18.4. The van der Waals surface area contributed by atoms with E-state index in [4.69, 9.17) is 4.74 Å². The number of morpholine rings is 1. The molecular formula is C25H33F2N9O2. The molecule has 0 aliphatic carbocycles. The van der Waals surface area contributed by atoms with Crippen LogP contribution in [0.15, 0.2) is 24.3 Å². The largest absolute Gasteiger partial charge is 0.378 e. The van der Waals surface area contributed by atoms with E-state index in [0.29, 0.717) is 81.3 Å². The van der Waals surface area contributed by atoms with Gasteiger partial charge in [0.05, 0.1) is 30.8 Å². The van der Waals surface area contributed by atoms with Gasteiger partial charge in [0, 0.05) is 32.7 Å². The van der Waals surface area contributed by atoms with Crippen LogP contribution in [-0.4, -0.2) is 107 Å². The molecule has 2 saturated heterocycles. The molecule has 1 N–H and O–H groups in total. The molecule has 204 valence electrons. The summed E-state index contributed by atoms with van der Waals surface area (Å²) in [7, 11) is 3.78. The summed E-state index contributed by atoms with van der Waals surface area (Å²) in [6.07, 6.45) is -1.08. The first kappa shape index (κ1) is 26.2. The number of anilines is 2. The minimum atomic E-state index is -2.80. The summed E-state index contributed by atoms with van der Waals surface area (Å²) in [4.78, 5) is 36.0. The lowest BCUT2D eigenvalue weighted by Gasteiger charge is -2.33. The third-order valence-electron chi connectivity index (χ3n) is 6.86. The van der Waals surface area contributed by atoms with Crippen molar-refractivity contribution in [1.82, 2.24) is 34.3 Å². The average Bonchev–Trinajstić information content (AvgIpc) is 3.32. The smallest absolute Gasteiger partial charge is 0.296 e. The van der Waals surface area contributed by atoms with Crippen molar-refractivity contribution in [3.63, 3.8) is 0 Å². The molecule has 0 unspecified atom stereocenters. The molecule has 4 heterocycles. The maximum atomic E-state index is 14.0. The number of piperidine rings is 1. The van der Waals surface area contributed by atoms with Gasteiger partial charge in [-0.2, -0.15) is 15.0 Å². The number of halogens is 2. The number of imidazole rings is 1. The van der Waals surface area contributed by atoms with Gasteiger partial charge >= 0.3 is 0 Å². The Morgan fingerprint density at radius 3 is 2.47 bits per heavy atom. The van der Waals surface area contributed by atoms with Crippen molar-refractivity contribution in [2.75, 3.05) is 76.8 Å². The predicted octanol–water partition coefficient (Wildman–Crippen LogP) is 2.20. The molecule has 0 spiro atoms. The van der Waals surface area contributed by atoms with E-state index in [9.17, 15) is 13.6 Å². The maximum absolute atomic E-state index is 14.0. The fraction of sp³-hybridized carbons (Fsp3) is 0.560. The molecule has 1 aromatic carbocycles. The van der Waals surface area contributed by atoms with Crippen LogP contribution in [0.2, 0.25) is 0 Å². The Balaban J connectivity index is 1.38. The molecular weight excluding hydrogens is 496 g/mol. The third kappa shape index (κ3) is 5.83. The molecule has 0 bridgehead atoms. The van der Waals surface area contributed by atoms with Crippen LogP contribution in [0.25, 0.3) is 17.0 Å². The SMILES string of the molecule is CN(C)CC(=O)N1CCC(CNc2nc(N3CCOCC3)nc(-n3c(C(F)F)nc4ccccc43)n2)CC1. The van der Waals surface area contributed by atoms with Crippen LogP contribution in [0.5, 0.6) is 0 Å². The standard InChI is InChI=1S/C25H33F2N9O2/c1-33(2)16-20(37)34-9-7-17(8-10-34)15-28-23-30-24(35-11-13-38-14-12-35)32-25(31-23)36-19-6-4-3-5-18(19)29-22(36)21(26)27/h3-6,17,21H,7-16H2,1-2H3,(H,28,30,31,32). The van der Waals surface area contributed by atoms with E-state index in [1.165, 1.54) is 4.57 Å². The second-order valence-electron chi connectivity index (χ2n) is 9.90. The molecule has 11 nitrogen and oxygen atoms in total.